The number of carbonyl (C=O) groups excluding carboxylic acids is 2. The third-order valence-corrected chi connectivity index (χ3v) is 6.88. The van der Waals surface area contributed by atoms with Crippen LogP contribution in [0.5, 0.6) is 5.75 Å². The number of nitrogens with zero attached hydrogens (tertiary/aromatic N) is 1. The molecule has 0 fully saturated rings. The van der Waals surface area contributed by atoms with Crippen LogP contribution in [0.2, 0.25) is 0 Å². The summed E-state index contributed by atoms with van der Waals surface area (Å²) in [5.74, 6) is -0.808. The van der Waals surface area contributed by atoms with Gasteiger partial charge in [0.1, 0.15) is 5.75 Å². The number of hydrogen-bond donors (Lipinski definition) is 2. The minimum Gasteiger partial charge on any atom is -0.497 e. The summed E-state index contributed by atoms with van der Waals surface area (Å²) in [5, 5.41) is 12.3. The Morgan fingerprint density at radius 3 is 2.12 bits per heavy atom. The standard InChI is InChI=1S/C34H34N2O5/c1-24-14-16-25(17-15-24)18-20-36(21-19-32(37)38)34(40)31-13-6-4-11-29(31)28-10-3-5-12-30(28)33(39)35-23-26-8-7-9-27(22-26)41-2/h3-17,22H,18-21,23H2,1-2H3,(H,35,39)(H,37,38). The number of ether oxygens (including phenoxy) is 1. The lowest BCUT2D eigenvalue weighted by Gasteiger charge is -2.24. The van der Waals surface area contributed by atoms with Crippen LogP contribution < -0.4 is 10.1 Å². The van der Waals surface area contributed by atoms with Crippen molar-refractivity contribution in [1.82, 2.24) is 10.2 Å². The van der Waals surface area contributed by atoms with Crippen LogP contribution in [0.25, 0.3) is 11.1 Å². The second-order valence-electron chi connectivity index (χ2n) is 9.80. The van der Waals surface area contributed by atoms with Crippen molar-refractivity contribution >= 4 is 17.8 Å². The van der Waals surface area contributed by atoms with Crippen molar-refractivity contribution in [2.45, 2.75) is 26.3 Å². The topological polar surface area (TPSA) is 95.9 Å². The molecule has 0 bridgehead atoms. The van der Waals surface area contributed by atoms with E-state index in [1.165, 1.54) is 0 Å². The fourth-order valence-corrected chi connectivity index (χ4v) is 4.62. The van der Waals surface area contributed by atoms with E-state index in [1.54, 1.807) is 36.3 Å². The Balaban J connectivity index is 1.59. The maximum absolute atomic E-state index is 13.9. The van der Waals surface area contributed by atoms with Crippen LogP contribution in [0.1, 0.15) is 43.8 Å². The Morgan fingerprint density at radius 1 is 0.780 bits per heavy atom. The van der Waals surface area contributed by atoms with E-state index in [-0.39, 0.29) is 24.8 Å². The summed E-state index contributed by atoms with van der Waals surface area (Å²) in [6.07, 6.45) is 0.433. The first-order chi connectivity index (χ1) is 19.9. The molecule has 210 valence electrons. The first-order valence-electron chi connectivity index (χ1n) is 13.5. The molecule has 2 amide bonds. The van der Waals surface area contributed by atoms with Gasteiger partial charge in [-0.1, -0.05) is 78.4 Å². The van der Waals surface area contributed by atoms with E-state index in [0.29, 0.717) is 47.5 Å². The maximum atomic E-state index is 13.9. The normalized spacial score (nSPS) is 10.6. The fourth-order valence-electron chi connectivity index (χ4n) is 4.62. The number of methoxy groups -OCH3 is 1. The summed E-state index contributed by atoms with van der Waals surface area (Å²) in [4.78, 5) is 40.2. The van der Waals surface area contributed by atoms with Crippen molar-refractivity contribution in [2.24, 2.45) is 0 Å². The van der Waals surface area contributed by atoms with Crippen molar-refractivity contribution in [2.75, 3.05) is 20.2 Å². The lowest BCUT2D eigenvalue weighted by Crippen LogP contribution is -2.35. The van der Waals surface area contributed by atoms with E-state index in [1.807, 2.05) is 79.7 Å². The molecule has 2 N–H and O–H groups in total. The number of carboxylic acid groups (broad SMARTS) is 1. The summed E-state index contributed by atoms with van der Waals surface area (Å²) in [5.41, 5.74) is 5.19. The zero-order valence-electron chi connectivity index (χ0n) is 23.3. The number of aliphatic carboxylic acids is 1. The van der Waals surface area contributed by atoms with Gasteiger partial charge in [-0.05, 0) is 59.9 Å². The molecule has 0 aromatic heterocycles. The van der Waals surface area contributed by atoms with Crippen molar-refractivity contribution in [3.05, 3.63) is 125 Å². The Kier molecular flexibility index (Phi) is 9.89. The van der Waals surface area contributed by atoms with Gasteiger partial charge in [0.2, 0.25) is 0 Å². The van der Waals surface area contributed by atoms with E-state index in [4.69, 9.17) is 4.74 Å². The van der Waals surface area contributed by atoms with E-state index in [9.17, 15) is 19.5 Å². The molecule has 0 unspecified atom stereocenters. The quantitative estimate of drug-likeness (QED) is 0.234. The number of rotatable bonds is 12. The summed E-state index contributed by atoms with van der Waals surface area (Å²) in [7, 11) is 1.60. The third kappa shape index (κ3) is 7.82. The molecule has 4 aromatic carbocycles. The Hall–Kier alpha value is -4.91. The highest BCUT2D eigenvalue weighted by atomic mass is 16.5. The minimum atomic E-state index is -0.968. The van der Waals surface area contributed by atoms with Gasteiger partial charge in [-0.3, -0.25) is 14.4 Å². The van der Waals surface area contributed by atoms with Gasteiger partial charge in [-0.15, -0.1) is 0 Å². The number of nitrogens with one attached hydrogen (secondary N) is 1. The lowest BCUT2D eigenvalue weighted by atomic mass is 9.94. The van der Waals surface area contributed by atoms with E-state index < -0.39 is 5.97 Å². The summed E-state index contributed by atoms with van der Waals surface area (Å²) >= 11 is 0. The fraction of sp³-hybridized carbons (Fsp3) is 0.206. The summed E-state index contributed by atoms with van der Waals surface area (Å²) in [6, 6.07) is 29.9. The number of carboxylic acids is 1. The first-order valence-corrected chi connectivity index (χ1v) is 13.5. The first kappa shape index (κ1) is 29.1. The zero-order chi connectivity index (χ0) is 29.2. The Morgan fingerprint density at radius 2 is 1.44 bits per heavy atom. The van der Waals surface area contributed by atoms with Crippen LogP contribution in [0.15, 0.2) is 97.1 Å². The molecule has 0 aliphatic carbocycles. The molecule has 0 radical (unpaired) electrons. The molecule has 0 saturated heterocycles. The number of carbonyl (C=O) groups is 3. The van der Waals surface area contributed by atoms with Gasteiger partial charge in [0, 0.05) is 30.8 Å². The molecule has 0 atom stereocenters. The number of aryl methyl sites for hydroxylation is 1. The third-order valence-electron chi connectivity index (χ3n) is 6.88. The van der Waals surface area contributed by atoms with Crippen LogP contribution in [0.4, 0.5) is 0 Å². The van der Waals surface area contributed by atoms with Gasteiger partial charge in [-0.2, -0.15) is 0 Å². The maximum Gasteiger partial charge on any atom is 0.305 e. The van der Waals surface area contributed by atoms with Crippen molar-refractivity contribution in [1.29, 1.82) is 0 Å². The second-order valence-corrected chi connectivity index (χ2v) is 9.80. The van der Waals surface area contributed by atoms with Gasteiger partial charge in [0.25, 0.3) is 11.8 Å². The largest absolute Gasteiger partial charge is 0.497 e. The van der Waals surface area contributed by atoms with Crippen LogP contribution in [-0.2, 0) is 17.8 Å². The highest BCUT2D eigenvalue weighted by molar-refractivity contribution is 6.06. The molecular weight excluding hydrogens is 516 g/mol. The highest BCUT2D eigenvalue weighted by Crippen LogP contribution is 2.28. The second kappa shape index (κ2) is 13.9. The monoisotopic (exact) mass is 550 g/mol. The molecule has 0 saturated carbocycles. The van der Waals surface area contributed by atoms with Gasteiger partial charge in [-0.25, -0.2) is 0 Å². The Bertz CT molecular complexity index is 1510. The van der Waals surface area contributed by atoms with Gasteiger partial charge in [0.15, 0.2) is 0 Å². The molecule has 0 aliphatic heterocycles. The highest BCUT2D eigenvalue weighted by Gasteiger charge is 2.22. The summed E-state index contributed by atoms with van der Waals surface area (Å²) < 4.78 is 5.27. The minimum absolute atomic E-state index is 0.0804. The smallest absolute Gasteiger partial charge is 0.305 e. The van der Waals surface area contributed by atoms with Crippen LogP contribution >= 0.6 is 0 Å². The van der Waals surface area contributed by atoms with E-state index in [2.05, 4.69) is 5.32 Å². The lowest BCUT2D eigenvalue weighted by molar-refractivity contribution is -0.137. The summed E-state index contributed by atoms with van der Waals surface area (Å²) in [6.45, 7) is 2.77. The number of amides is 2. The number of hydrogen-bond acceptors (Lipinski definition) is 4. The van der Waals surface area contributed by atoms with E-state index in [0.717, 1.165) is 16.7 Å². The molecule has 0 aliphatic rings. The van der Waals surface area contributed by atoms with Gasteiger partial charge in [0.05, 0.1) is 13.5 Å². The van der Waals surface area contributed by atoms with Crippen LogP contribution in [0, 0.1) is 6.92 Å². The molecule has 41 heavy (non-hydrogen) atoms. The zero-order valence-corrected chi connectivity index (χ0v) is 23.3. The van der Waals surface area contributed by atoms with Crippen molar-refractivity contribution < 1.29 is 24.2 Å². The van der Waals surface area contributed by atoms with Crippen molar-refractivity contribution in [3.8, 4) is 16.9 Å². The average Bonchev–Trinajstić information content (AvgIpc) is 3.00. The number of benzene rings is 4. The molecular formula is C34H34N2O5. The van der Waals surface area contributed by atoms with Gasteiger partial charge < -0.3 is 20.1 Å². The molecule has 4 rings (SSSR count). The molecule has 4 aromatic rings. The van der Waals surface area contributed by atoms with Gasteiger partial charge >= 0.3 is 5.97 Å². The average molecular weight is 551 g/mol. The predicted molar refractivity (Wildman–Crippen MR) is 159 cm³/mol. The molecule has 0 heterocycles. The van der Waals surface area contributed by atoms with E-state index >= 15 is 0 Å². The van der Waals surface area contributed by atoms with Crippen molar-refractivity contribution in [3.63, 3.8) is 0 Å². The molecule has 7 heteroatoms. The predicted octanol–water partition coefficient (Wildman–Crippen LogP) is 5.76. The Labute approximate surface area is 240 Å². The van der Waals surface area contributed by atoms with Crippen LogP contribution in [-0.4, -0.2) is 48.0 Å². The SMILES string of the molecule is COc1cccc(CNC(=O)c2ccccc2-c2ccccc2C(=O)N(CCC(=O)O)CCc2ccc(C)cc2)c1. The molecule has 7 nitrogen and oxygen atoms in total. The van der Waals surface area contributed by atoms with Crippen LogP contribution in [0.3, 0.4) is 0 Å². The molecule has 0 spiro atoms.